The van der Waals surface area contributed by atoms with E-state index in [-0.39, 0.29) is 25.0 Å². The molecule has 2 aromatic rings. The first-order chi connectivity index (χ1) is 11.0. The lowest BCUT2D eigenvalue weighted by molar-refractivity contribution is -0.123. The highest BCUT2D eigenvalue weighted by Crippen LogP contribution is 2.34. The van der Waals surface area contributed by atoms with Crippen LogP contribution in [0.4, 0.5) is 11.5 Å². The van der Waals surface area contributed by atoms with Gasteiger partial charge in [-0.05, 0) is 30.3 Å². The van der Waals surface area contributed by atoms with E-state index in [1.807, 2.05) is 0 Å². The number of fused-ring (bicyclic) bond motifs is 1. The number of carbonyl (C=O) groups is 2. The van der Waals surface area contributed by atoms with Crippen LogP contribution in [0.25, 0.3) is 0 Å². The second kappa shape index (κ2) is 6.44. The van der Waals surface area contributed by atoms with Gasteiger partial charge in [-0.2, -0.15) is 0 Å². The summed E-state index contributed by atoms with van der Waals surface area (Å²) >= 11 is 11.7. The fourth-order valence-electron chi connectivity index (χ4n) is 2.12. The predicted molar refractivity (Wildman–Crippen MR) is 87.2 cm³/mol. The SMILES string of the molecule is O=C(CN1C(=O)COc2ccc(Cl)cc21)Nc1ccc(Cl)cn1. The molecule has 0 spiro atoms. The van der Waals surface area contributed by atoms with E-state index in [4.69, 9.17) is 27.9 Å². The van der Waals surface area contributed by atoms with Gasteiger partial charge >= 0.3 is 0 Å². The zero-order valence-corrected chi connectivity index (χ0v) is 13.3. The molecular weight excluding hydrogens is 341 g/mol. The molecule has 23 heavy (non-hydrogen) atoms. The van der Waals surface area contributed by atoms with Crippen LogP contribution in [0, 0.1) is 0 Å². The maximum atomic E-state index is 12.2. The van der Waals surface area contributed by atoms with Crippen molar-refractivity contribution in [2.24, 2.45) is 0 Å². The summed E-state index contributed by atoms with van der Waals surface area (Å²) in [6.45, 7) is -0.291. The molecule has 2 amide bonds. The number of amides is 2. The highest BCUT2D eigenvalue weighted by Gasteiger charge is 2.27. The largest absolute Gasteiger partial charge is 0.482 e. The van der Waals surface area contributed by atoms with Crippen molar-refractivity contribution in [3.05, 3.63) is 46.6 Å². The average Bonchev–Trinajstić information content (AvgIpc) is 2.52. The molecule has 0 saturated heterocycles. The van der Waals surface area contributed by atoms with E-state index in [0.29, 0.717) is 27.3 Å². The number of hydrogen-bond acceptors (Lipinski definition) is 4. The third-order valence-corrected chi connectivity index (χ3v) is 3.62. The van der Waals surface area contributed by atoms with Gasteiger partial charge in [-0.3, -0.25) is 14.5 Å². The lowest BCUT2D eigenvalue weighted by atomic mass is 10.2. The van der Waals surface area contributed by atoms with Gasteiger partial charge in [0.15, 0.2) is 6.61 Å². The third kappa shape index (κ3) is 3.55. The molecule has 1 aliphatic rings. The molecule has 0 unspecified atom stereocenters. The summed E-state index contributed by atoms with van der Waals surface area (Å²) in [6, 6.07) is 8.09. The minimum absolute atomic E-state index is 0.124. The van der Waals surface area contributed by atoms with Crippen molar-refractivity contribution in [2.45, 2.75) is 0 Å². The number of carbonyl (C=O) groups excluding carboxylic acids is 2. The van der Waals surface area contributed by atoms with Gasteiger partial charge in [0.2, 0.25) is 5.91 Å². The van der Waals surface area contributed by atoms with Crippen LogP contribution in [-0.2, 0) is 9.59 Å². The molecule has 0 aliphatic carbocycles. The summed E-state index contributed by atoms with van der Waals surface area (Å²) in [6.07, 6.45) is 1.42. The Bertz CT molecular complexity index is 765. The van der Waals surface area contributed by atoms with Crippen molar-refractivity contribution < 1.29 is 14.3 Å². The zero-order chi connectivity index (χ0) is 16.4. The normalized spacial score (nSPS) is 13.3. The van der Waals surface area contributed by atoms with Gasteiger partial charge in [-0.15, -0.1) is 0 Å². The van der Waals surface area contributed by atoms with Crippen molar-refractivity contribution in [2.75, 3.05) is 23.4 Å². The number of anilines is 2. The number of aromatic nitrogens is 1. The van der Waals surface area contributed by atoms with E-state index in [1.54, 1.807) is 30.3 Å². The fourth-order valence-corrected chi connectivity index (χ4v) is 2.40. The molecule has 1 aromatic heterocycles. The molecule has 2 heterocycles. The minimum Gasteiger partial charge on any atom is -0.482 e. The lowest BCUT2D eigenvalue weighted by Crippen LogP contribution is -2.43. The molecule has 0 fully saturated rings. The lowest BCUT2D eigenvalue weighted by Gasteiger charge is -2.28. The Morgan fingerprint density at radius 1 is 1.26 bits per heavy atom. The molecule has 6 nitrogen and oxygen atoms in total. The Balaban J connectivity index is 1.76. The van der Waals surface area contributed by atoms with Gasteiger partial charge in [0, 0.05) is 11.2 Å². The average molecular weight is 352 g/mol. The highest BCUT2D eigenvalue weighted by molar-refractivity contribution is 6.31. The second-order valence-electron chi connectivity index (χ2n) is 4.79. The molecule has 118 valence electrons. The maximum Gasteiger partial charge on any atom is 0.265 e. The number of rotatable bonds is 3. The molecule has 0 saturated carbocycles. The molecule has 3 rings (SSSR count). The van der Waals surface area contributed by atoms with E-state index >= 15 is 0 Å². The number of benzene rings is 1. The number of halogens is 2. The zero-order valence-electron chi connectivity index (χ0n) is 11.8. The Labute approximate surface area is 142 Å². The number of nitrogens with one attached hydrogen (secondary N) is 1. The van der Waals surface area contributed by atoms with Crippen LogP contribution in [-0.4, -0.2) is 29.9 Å². The molecule has 1 N–H and O–H groups in total. The first-order valence-electron chi connectivity index (χ1n) is 6.67. The van der Waals surface area contributed by atoms with Gasteiger partial charge in [0.25, 0.3) is 5.91 Å². The predicted octanol–water partition coefficient (Wildman–Crippen LogP) is 2.75. The fraction of sp³-hybridized carbons (Fsp3) is 0.133. The Morgan fingerprint density at radius 3 is 2.78 bits per heavy atom. The maximum absolute atomic E-state index is 12.2. The van der Waals surface area contributed by atoms with Gasteiger partial charge in [0.05, 0.1) is 10.7 Å². The van der Waals surface area contributed by atoms with Crippen LogP contribution in [0.15, 0.2) is 36.5 Å². The molecule has 0 radical (unpaired) electrons. The Kier molecular flexibility index (Phi) is 4.36. The van der Waals surface area contributed by atoms with Crippen molar-refractivity contribution in [3.8, 4) is 5.75 Å². The van der Waals surface area contributed by atoms with Gasteiger partial charge in [-0.25, -0.2) is 4.98 Å². The van der Waals surface area contributed by atoms with Crippen LogP contribution in [0.5, 0.6) is 5.75 Å². The molecular formula is C15H11Cl2N3O3. The van der Waals surface area contributed by atoms with Crippen molar-refractivity contribution >= 4 is 46.5 Å². The standard InChI is InChI=1S/C15H11Cl2N3O3/c16-9-1-3-12-11(5-9)20(15(22)8-23-12)7-14(21)19-13-4-2-10(17)6-18-13/h1-6H,7-8H2,(H,18,19,21). The smallest absolute Gasteiger partial charge is 0.265 e. The number of nitrogens with zero attached hydrogens (tertiary/aromatic N) is 2. The first-order valence-corrected chi connectivity index (χ1v) is 7.42. The topological polar surface area (TPSA) is 71.5 Å². The van der Waals surface area contributed by atoms with Gasteiger partial charge in [-0.1, -0.05) is 23.2 Å². The molecule has 8 heteroatoms. The van der Waals surface area contributed by atoms with Crippen molar-refractivity contribution in [3.63, 3.8) is 0 Å². The summed E-state index contributed by atoms with van der Waals surface area (Å²) in [5.41, 5.74) is 0.466. The molecule has 0 bridgehead atoms. The summed E-state index contributed by atoms with van der Waals surface area (Å²) < 4.78 is 5.33. The first kappa shape index (κ1) is 15.6. The highest BCUT2D eigenvalue weighted by atomic mass is 35.5. The molecule has 1 aromatic carbocycles. The van der Waals surface area contributed by atoms with E-state index in [0.717, 1.165) is 0 Å². The number of pyridine rings is 1. The number of ether oxygens (including phenoxy) is 1. The Hall–Kier alpha value is -2.31. The van der Waals surface area contributed by atoms with Crippen LogP contribution in [0.1, 0.15) is 0 Å². The second-order valence-corrected chi connectivity index (χ2v) is 5.66. The summed E-state index contributed by atoms with van der Waals surface area (Å²) in [5, 5.41) is 3.52. The van der Waals surface area contributed by atoms with E-state index < -0.39 is 0 Å². The number of hydrogen-bond donors (Lipinski definition) is 1. The minimum atomic E-state index is -0.388. The van der Waals surface area contributed by atoms with Gasteiger partial charge in [0.1, 0.15) is 18.1 Å². The summed E-state index contributed by atoms with van der Waals surface area (Å²) in [4.78, 5) is 29.5. The monoisotopic (exact) mass is 351 g/mol. The van der Waals surface area contributed by atoms with E-state index in [1.165, 1.54) is 11.1 Å². The van der Waals surface area contributed by atoms with Crippen LogP contribution >= 0.6 is 23.2 Å². The van der Waals surface area contributed by atoms with Crippen LogP contribution in [0.3, 0.4) is 0 Å². The summed E-state index contributed by atoms with van der Waals surface area (Å²) in [5.74, 6) is 0.151. The summed E-state index contributed by atoms with van der Waals surface area (Å²) in [7, 11) is 0. The van der Waals surface area contributed by atoms with E-state index in [2.05, 4.69) is 10.3 Å². The molecule has 1 aliphatic heterocycles. The van der Waals surface area contributed by atoms with Crippen LogP contribution in [0.2, 0.25) is 10.0 Å². The Morgan fingerprint density at radius 2 is 2.04 bits per heavy atom. The third-order valence-electron chi connectivity index (χ3n) is 3.16. The van der Waals surface area contributed by atoms with Crippen molar-refractivity contribution in [1.29, 1.82) is 0 Å². The quantitative estimate of drug-likeness (QED) is 0.922. The van der Waals surface area contributed by atoms with Crippen molar-refractivity contribution in [1.82, 2.24) is 4.98 Å². The molecule has 0 atom stereocenters. The van der Waals surface area contributed by atoms with E-state index in [9.17, 15) is 9.59 Å². The van der Waals surface area contributed by atoms with Crippen LogP contribution < -0.4 is 15.0 Å². The van der Waals surface area contributed by atoms with Gasteiger partial charge < -0.3 is 10.1 Å².